The summed E-state index contributed by atoms with van der Waals surface area (Å²) < 4.78 is 30.0. The molecular weight excluding hydrogens is 359 g/mol. The summed E-state index contributed by atoms with van der Waals surface area (Å²) in [5.74, 6) is 2.42. The molecule has 1 saturated heterocycles. The normalized spacial score (nSPS) is 15.8. The Bertz CT molecular complexity index is 919. The van der Waals surface area contributed by atoms with Gasteiger partial charge >= 0.3 is 0 Å². The highest BCUT2D eigenvalue weighted by atomic mass is 19.1. The van der Waals surface area contributed by atoms with Crippen molar-refractivity contribution < 1.29 is 18.4 Å². The number of ether oxygens (including phenoxy) is 2. The zero-order valence-electron chi connectivity index (χ0n) is 16.0. The summed E-state index contributed by atoms with van der Waals surface area (Å²) in [6, 6.07) is 13.1. The molecule has 6 heteroatoms. The first-order valence-corrected chi connectivity index (χ1v) is 9.68. The molecule has 0 aliphatic carbocycles. The van der Waals surface area contributed by atoms with Crippen molar-refractivity contribution in [3.63, 3.8) is 0 Å². The van der Waals surface area contributed by atoms with E-state index in [2.05, 4.69) is 16.1 Å². The fraction of sp³-hybridized carbons (Fsp3) is 0.409. The van der Waals surface area contributed by atoms with Gasteiger partial charge in [-0.2, -0.15) is 0 Å². The van der Waals surface area contributed by atoms with Gasteiger partial charge < -0.3 is 18.9 Å². The SMILES string of the molecule is COc1c[c]ccc1OCCCN1CCC(c2onc3cc(F)ccc23)CC1. The summed E-state index contributed by atoms with van der Waals surface area (Å²) in [4.78, 5) is 2.45. The van der Waals surface area contributed by atoms with Gasteiger partial charge in [0.15, 0.2) is 11.5 Å². The van der Waals surface area contributed by atoms with E-state index in [1.54, 1.807) is 19.2 Å². The molecule has 0 unspecified atom stereocenters. The van der Waals surface area contributed by atoms with E-state index in [4.69, 9.17) is 14.0 Å². The van der Waals surface area contributed by atoms with E-state index in [9.17, 15) is 4.39 Å². The van der Waals surface area contributed by atoms with Crippen LogP contribution in [0, 0.1) is 11.9 Å². The van der Waals surface area contributed by atoms with Gasteiger partial charge in [0.2, 0.25) is 0 Å². The van der Waals surface area contributed by atoms with Gasteiger partial charge in [-0.15, -0.1) is 0 Å². The number of hydrogen-bond acceptors (Lipinski definition) is 5. The van der Waals surface area contributed by atoms with Crippen LogP contribution in [0.25, 0.3) is 10.9 Å². The smallest absolute Gasteiger partial charge is 0.161 e. The van der Waals surface area contributed by atoms with Gasteiger partial charge in [0.1, 0.15) is 17.1 Å². The van der Waals surface area contributed by atoms with Crippen LogP contribution in [-0.4, -0.2) is 43.4 Å². The quantitative estimate of drug-likeness (QED) is 0.565. The highest BCUT2D eigenvalue weighted by Gasteiger charge is 2.25. The summed E-state index contributed by atoms with van der Waals surface area (Å²) in [7, 11) is 1.63. The number of nitrogens with zero attached hydrogens (tertiary/aromatic N) is 2. The Morgan fingerprint density at radius 2 is 2.11 bits per heavy atom. The van der Waals surface area contributed by atoms with Gasteiger partial charge in [-0.1, -0.05) is 11.2 Å². The van der Waals surface area contributed by atoms with Crippen molar-refractivity contribution in [1.29, 1.82) is 0 Å². The Kier molecular flexibility index (Phi) is 5.76. The fourth-order valence-corrected chi connectivity index (χ4v) is 3.80. The molecule has 0 amide bonds. The van der Waals surface area contributed by atoms with E-state index in [0.29, 0.717) is 23.8 Å². The number of rotatable bonds is 7. The number of likely N-dealkylation sites (tertiary alicyclic amines) is 1. The van der Waals surface area contributed by atoms with Crippen LogP contribution in [0.1, 0.15) is 30.9 Å². The number of piperidine rings is 1. The van der Waals surface area contributed by atoms with E-state index in [1.807, 2.05) is 12.1 Å². The molecule has 0 spiro atoms. The molecule has 147 valence electrons. The van der Waals surface area contributed by atoms with Crippen LogP contribution in [0.4, 0.5) is 4.39 Å². The molecule has 1 radical (unpaired) electrons. The van der Waals surface area contributed by atoms with Crippen LogP contribution in [-0.2, 0) is 0 Å². The van der Waals surface area contributed by atoms with E-state index < -0.39 is 0 Å². The molecule has 1 aromatic heterocycles. The number of benzene rings is 2. The van der Waals surface area contributed by atoms with Crippen molar-refractivity contribution in [2.75, 3.05) is 33.4 Å². The number of fused-ring (bicyclic) bond motifs is 1. The van der Waals surface area contributed by atoms with E-state index in [-0.39, 0.29) is 5.82 Å². The summed E-state index contributed by atoms with van der Waals surface area (Å²) in [5, 5.41) is 4.95. The van der Waals surface area contributed by atoms with Crippen molar-refractivity contribution in [3.8, 4) is 11.5 Å². The first-order chi connectivity index (χ1) is 13.7. The highest BCUT2D eigenvalue weighted by molar-refractivity contribution is 5.80. The predicted molar refractivity (Wildman–Crippen MR) is 104 cm³/mol. The first-order valence-electron chi connectivity index (χ1n) is 9.68. The largest absolute Gasteiger partial charge is 0.493 e. The van der Waals surface area contributed by atoms with Crippen molar-refractivity contribution in [2.24, 2.45) is 0 Å². The molecule has 28 heavy (non-hydrogen) atoms. The first kappa shape index (κ1) is 18.7. The predicted octanol–water partition coefficient (Wildman–Crippen LogP) is 4.42. The molecule has 2 aromatic carbocycles. The Morgan fingerprint density at radius 3 is 2.93 bits per heavy atom. The number of methoxy groups -OCH3 is 1. The van der Waals surface area contributed by atoms with Gasteiger partial charge in [0, 0.05) is 23.9 Å². The molecule has 4 rings (SSSR count). The molecule has 0 N–H and O–H groups in total. The van der Waals surface area contributed by atoms with Crippen molar-refractivity contribution in [1.82, 2.24) is 10.1 Å². The van der Waals surface area contributed by atoms with Gasteiger partial charge in [-0.05, 0) is 62.7 Å². The van der Waals surface area contributed by atoms with Crippen LogP contribution in [0.15, 0.2) is 40.9 Å². The standard InChI is InChI=1S/C22H24FN2O3/c1-26-20-5-2-3-6-21(20)27-14-4-11-25-12-9-16(10-13-25)22-18-8-7-17(23)15-19(18)24-28-22/h3,5-8,15-16H,4,9-14H2,1H3. The molecular formula is C22H24FN2O3. The molecule has 3 aromatic rings. The molecule has 0 atom stereocenters. The zero-order chi connectivity index (χ0) is 19.3. The van der Waals surface area contributed by atoms with Crippen LogP contribution in [0.2, 0.25) is 0 Å². The van der Waals surface area contributed by atoms with E-state index in [0.717, 1.165) is 55.8 Å². The molecule has 1 aliphatic heterocycles. The Balaban J connectivity index is 1.24. The minimum Gasteiger partial charge on any atom is -0.493 e. The monoisotopic (exact) mass is 383 g/mol. The molecule has 1 aliphatic rings. The second-order valence-electron chi connectivity index (χ2n) is 7.10. The number of halogens is 1. The third-order valence-electron chi connectivity index (χ3n) is 5.31. The lowest BCUT2D eigenvalue weighted by molar-refractivity contribution is 0.181. The Morgan fingerprint density at radius 1 is 1.25 bits per heavy atom. The van der Waals surface area contributed by atoms with Crippen LogP contribution in [0.3, 0.4) is 0 Å². The summed E-state index contributed by atoms with van der Waals surface area (Å²) >= 11 is 0. The van der Waals surface area contributed by atoms with Crippen LogP contribution < -0.4 is 9.47 Å². The number of hydrogen-bond donors (Lipinski definition) is 0. The lowest BCUT2D eigenvalue weighted by Gasteiger charge is -2.30. The van der Waals surface area contributed by atoms with Crippen molar-refractivity contribution in [3.05, 3.63) is 54.0 Å². The van der Waals surface area contributed by atoms with Crippen LogP contribution in [0.5, 0.6) is 11.5 Å². The van der Waals surface area contributed by atoms with E-state index in [1.165, 1.54) is 12.1 Å². The second-order valence-corrected chi connectivity index (χ2v) is 7.10. The maximum absolute atomic E-state index is 13.3. The van der Waals surface area contributed by atoms with E-state index >= 15 is 0 Å². The maximum Gasteiger partial charge on any atom is 0.161 e. The maximum atomic E-state index is 13.3. The summed E-state index contributed by atoms with van der Waals surface area (Å²) in [5.41, 5.74) is 0.600. The van der Waals surface area contributed by atoms with Crippen molar-refractivity contribution >= 4 is 10.9 Å². The molecule has 1 fully saturated rings. The molecule has 5 nitrogen and oxygen atoms in total. The Hall–Kier alpha value is -2.60. The molecule has 2 heterocycles. The minimum absolute atomic E-state index is 0.282. The van der Waals surface area contributed by atoms with Gasteiger partial charge in [-0.3, -0.25) is 0 Å². The van der Waals surface area contributed by atoms with Gasteiger partial charge in [-0.25, -0.2) is 4.39 Å². The van der Waals surface area contributed by atoms with Gasteiger partial charge in [0.05, 0.1) is 13.7 Å². The third-order valence-corrected chi connectivity index (χ3v) is 5.31. The zero-order valence-corrected chi connectivity index (χ0v) is 16.0. The average Bonchev–Trinajstić information content (AvgIpc) is 3.15. The fourth-order valence-electron chi connectivity index (χ4n) is 3.80. The molecule has 0 bridgehead atoms. The van der Waals surface area contributed by atoms with Gasteiger partial charge in [0.25, 0.3) is 0 Å². The van der Waals surface area contributed by atoms with Crippen molar-refractivity contribution in [2.45, 2.75) is 25.2 Å². The summed E-state index contributed by atoms with van der Waals surface area (Å²) in [6.07, 6.45) is 2.99. The second kappa shape index (κ2) is 8.61. The third kappa shape index (κ3) is 4.12. The minimum atomic E-state index is -0.282. The lowest BCUT2D eigenvalue weighted by atomic mass is 9.92. The molecule has 0 saturated carbocycles. The average molecular weight is 383 g/mol. The topological polar surface area (TPSA) is 47.7 Å². The highest BCUT2D eigenvalue weighted by Crippen LogP contribution is 2.33. The summed E-state index contributed by atoms with van der Waals surface area (Å²) in [6.45, 7) is 3.67. The number of aromatic nitrogens is 1. The van der Waals surface area contributed by atoms with Crippen LogP contribution >= 0.6 is 0 Å². The lowest BCUT2D eigenvalue weighted by Crippen LogP contribution is -2.34. The Labute approximate surface area is 164 Å².